The van der Waals surface area contributed by atoms with Crippen LogP contribution in [0.4, 0.5) is 4.39 Å². The van der Waals surface area contributed by atoms with Gasteiger partial charge in [-0.3, -0.25) is 14.8 Å². The highest BCUT2D eigenvalue weighted by Gasteiger charge is 2.31. The van der Waals surface area contributed by atoms with Crippen LogP contribution in [-0.4, -0.2) is 64.2 Å². The number of hydrogen-bond donors (Lipinski definition) is 1. The number of halogens is 1. The lowest BCUT2D eigenvalue weighted by Crippen LogP contribution is -2.50. The largest absolute Gasteiger partial charge is 0.487 e. The van der Waals surface area contributed by atoms with Crippen LogP contribution in [-0.2, 0) is 0 Å². The molecule has 2 aliphatic rings. The predicted octanol–water partition coefficient (Wildman–Crippen LogP) is 4.36. The SMILES string of the molecule is O=C(c1cc(-c2ccccc2)n[nH]1)N1CCC(N2CCC(Oc3ccccc3F)CC2)CC1. The molecule has 2 aromatic carbocycles. The maximum Gasteiger partial charge on any atom is 0.271 e. The maximum absolute atomic E-state index is 13.9. The summed E-state index contributed by atoms with van der Waals surface area (Å²) < 4.78 is 19.7. The van der Waals surface area contributed by atoms with E-state index in [-0.39, 0.29) is 17.8 Å². The average Bonchev–Trinajstić information content (AvgIpc) is 3.37. The molecule has 3 heterocycles. The molecule has 2 fully saturated rings. The Morgan fingerprint density at radius 1 is 0.939 bits per heavy atom. The normalized spacial score (nSPS) is 18.4. The summed E-state index contributed by atoms with van der Waals surface area (Å²) in [5.74, 6) is 0.0576. The van der Waals surface area contributed by atoms with E-state index in [2.05, 4.69) is 15.1 Å². The first kappa shape index (κ1) is 21.6. The minimum Gasteiger partial charge on any atom is -0.487 e. The van der Waals surface area contributed by atoms with Gasteiger partial charge in [0.05, 0.1) is 5.69 Å². The van der Waals surface area contributed by atoms with E-state index in [4.69, 9.17) is 4.74 Å². The third-order valence-corrected chi connectivity index (χ3v) is 6.75. The zero-order chi connectivity index (χ0) is 22.6. The molecular weight excluding hydrogens is 419 g/mol. The fraction of sp³-hybridized carbons (Fsp3) is 0.385. The summed E-state index contributed by atoms with van der Waals surface area (Å²) in [5, 5.41) is 7.23. The lowest BCUT2D eigenvalue weighted by molar-refractivity contribution is 0.0414. The Morgan fingerprint density at radius 2 is 1.64 bits per heavy atom. The van der Waals surface area contributed by atoms with Crippen LogP contribution in [0.3, 0.4) is 0 Å². The number of hydrogen-bond acceptors (Lipinski definition) is 4. The van der Waals surface area contributed by atoms with Gasteiger partial charge in [0.1, 0.15) is 11.8 Å². The number of para-hydroxylation sites is 1. The molecule has 3 aromatic rings. The first-order valence-corrected chi connectivity index (χ1v) is 11.7. The molecule has 1 aromatic heterocycles. The van der Waals surface area contributed by atoms with Crippen molar-refractivity contribution >= 4 is 5.91 Å². The van der Waals surface area contributed by atoms with E-state index >= 15 is 0 Å². The molecule has 0 aliphatic carbocycles. The number of ether oxygens (including phenoxy) is 1. The Hall–Kier alpha value is -3.19. The number of carbonyl (C=O) groups is 1. The van der Waals surface area contributed by atoms with Crippen LogP contribution in [0.2, 0.25) is 0 Å². The Bertz CT molecular complexity index is 1070. The van der Waals surface area contributed by atoms with Gasteiger partial charge in [-0.05, 0) is 43.9 Å². The molecule has 7 heteroatoms. The number of rotatable bonds is 5. The van der Waals surface area contributed by atoms with Gasteiger partial charge in [0.25, 0.3) is 5.91 Å². The highest BCUT2D eigenvalue weighted by atomic mass is 19.1. The Morgan fingerprint density at radius 3 is 2.36 bits per heavy atom. The molecule has 0 bridgehead atoms. The molecule has 0 atom stereocenters. The van der Waals surface area contributed by atoms with Crippen molar-refractivity contribution in [1.82, 2.24) is 20.0 Å². The van der Waals surface area contributed by atoms with Crippen LogP contribution in [0, 0.1) is 5.82 Å². The number of likely N-dealkylation sites (tertiary alicyclic amines) is 2. The molecule has 1 amide bonds. The van der Waals surface area contributed by atoms with Crippen LogP contribution in [0.25, 0.3) is 11.3 Å². The van der Waals surface area contributed by atoms with Crippen molar-refractivity contribution in [3.05, 3.63) is 72.2 Å². The van der Waals surface area contributed by atoms with E-state index in [1.165, 1.54) is 6.07 Å². The molecule has 5 rings (SSSR count). The van der Waals surface area contributed by atoms with Crippen LogP contribution < -0.4 is 4.74 Å². The van der Waals surface area contributed by atoms with Gasteiger partial charge in [0.2, 0.25) is 0 Å². The highest BCUT2D eigenvalue weighted by Crippen LogP contribution is 2.26. The molecule has 0 unspecified atom stereocenters. The van der Waals surface area contributed by atoms with Crippen molar-refractivity contribution in [2.45, 2.75) is 37.8 Å². The van der Waals surface area contributed by atoms with Crippen LogP contribution in [0.15, 0.2) is 60.7 Å². The first-order chi connectivity index (χ1) is 16.2. The standard InChI is InChI=1S/C26H29FN4O2/c27-22-8-4-5-9-25(22)33-21-12-16-30(17-13-21)20-10-14-31(15-11-20)26(32)24-18-23(28-29-24)19-6-2-1-3-7-19/h1-9,18,20-21H,10-17H2,(H,28,29). The van der Waals surface area contributed by atoms with E-state index in [1.807, 2.05) is 41.3 Å². The maximum atomic E-state index is 13.9. The van der Waals surface area contributed by atoms with Gasteiger partial charge < -0.3 is 9.64 Å². The third kappa shape index (κ3) is 4.93. The number of benzene rings is 2. The molecule has 2 aliphatic heterocycles. The number of nitrogens with zero attached hydrogens (tertiary/aromatic N) is 3. The van der Waals surface area contributed by atoms with Gasteiger partial charge in [-0.25, -0.2) is 4.39 Å². The summed E-state index contributed by atoms with van der Waals surface area (Å²) in [6, 6.07) is 18.8. The topological polar surface area (TPSA) is 61.5 Å². The molecule has 1 N–H and O–H groups in total. The second kappa shape index (κ2) is 9.75. The predicted molar refractivity (Wildman–Crippen MR) is 125 cm³/mol. The van der Waals surface area contributed by atoms with Gasteiger partial charge in [-0.2, -0.15) is 5.10 Å². The van der Waals surface area contributed by atoms with E-state index < -0.39 is 0 Å². The Kier molecular flexibility index (Phi) is 6.39. The third-order valence-electron chi connectivity index (χ3n) is 6.75. The van der Waals surface area contributed by atoms with E-state index in [9.17, 15) is 9.18 Å². The van der Waals surface area contributed by atoms with Gasteiger partial charge in [0, 0.05) is 37.8 Å². The number of nitrogens with one attached hydrogen (secondary N) is 1. The molecule has 0 spiro atoms. The summed E-state index contributed by atoms with van der Waals surface area (Å²) in [7, 11) is 0. The molecule has 33 heavy (non-hydrogen) atoms. The highest BCUT2D eigenvalue weighted by molar-refractivity contribution is 5.93. The zero-order valence-electron chi connectivity index (χ0n) is 18.6. The van der Waals surface area contributed by atoms with Gasteiger partial charge in [-0.15, -0.1) is 0 Å². The summed E-state index contributed by atoms with van der Waals surface area (Å²) >= 11 is 0. The van der Waals surface area contributed by atoms with Crippen molar-refractivity contribution in [3.63, 3.8) is 0 Å². The smallest absolute Gasteiger partial charge is 0.271 e. The summed E-state index contributed by atoms with van der Waals surface area (Å²) in [6.45, 7) is 3.38. The van der Waals surface area contributed by atoms with Crippen molar-refractivity contribution in [1.29, 1.82) is 0 Å². The fourth-order valence-corrected chi connectivity index (χ4v) is 4.87. The lowest BCUT2D eigenvalue weighted by atomic mass is 9.98. The number of piperidine rings is 2. The molecule has 2 saturated heterocycles. The molecular formula is C26H29FN4O2. The van der Waals surface area contributed by atoms with Gasteiger partial charge >= 0.3 is 0 Å². The fourth-order valence-electron chi connectivity index (χ4n) is 4.87. The second-order valence-electron chi connectivity index (χ2n) is 8.84. The van der Waals surface area contributed by atoms with E-state index in [0.717, 1.165) is 63.1 Å². The summed E-state index contributed by atoms with van der Waals surface area (Å²) in [4.78, 5) is 17.4. The number of aromatic nitrogens is 2. The van der Waals surface area contributed by atoms with Crippen molar-refractivity contribution < 1.29 is 13.9 Å². The quantitative estimate of drug-likeness (QED) is 0.630. The Labute approximate surface area is 193 Å². The molecule has 0 radical (unpaired) electrons. The molecule has 172 valence electrons. The Balaban J connectivity index is 1.10. The average molecular weight is 449 g/mol. The van der Waals surface area contributed by atoms with Gasteiger partial charge in [-0.1, -0.05) is 42.5 Å². The van der Waals surface area contributed by atoms with Crippen LogP contribution in [0.5, 0.6) is 5.75 Å². The van der Waals surface area contributed by atoms with Gasteiger partial charge in [0.15, 0.2) is 11.6 Å². The summed E-state index contributed by atoms with van der Waals surface area (Å²) in [6.07, 6.45) is 3.77. The summed E-state index contributed by atoms with van der Waals surface area (Å²) in [5.41, 5.74) is 2.32. The number of aromatic amines is 1. The van der Waals surface area contributed by atoms with E-state index in [1.54, 1.807) is 18.2 Å². The lowest BCUT2D eigenvalue weighted by Gasteiger charge is -2.41. The zero-order valence-corrected chi connectivity index (χ0v) is 18.6. The second-order valence-corrected chi connectivity index (χ2v) is 8.84. The number of H-pyrrole nitrogens is 1. The minimum atomic E-state index is -0.301. The van der Waals surface area contributed by atoms with Crippen LogP contribution in [0.1, 0.15) is 36.2 Å². The number of carbonyl (C=O) groups excluding carboxylic acids is 1. The van der Waals surface area contributed by atoms with Crippen LogP contribution >= 0.6 is 0 Å². The van der Waals surface area contributed by atoms with Crippen molar-refractivity contribution in [2.24, 2.45) is 0 Å². The molecule has 6 nitrogen and oxygen atoms in total. The number of amides is 1. The van der Waals surface area contributed by atoms with Crippen molar-refractivity contribution in [3.8, 4) is 17.0 Å². The molecule has 0 saturated carbocycles. The van der Waals surface area contributed by atoms with E-state index in [0.29, 0.717) is 17.5 Å². The monoisotopic (exact) mass is 448 g/mol. The van der Waals surface area contributed by atoms with Crippen molar-refractivity contribution in [2.75, 3.05) is 26.2 Å². The minimum absolute atomic E-state index is 0.0140. The first-order valence-electron chi connectivity index (χ1n) is 11.7.